The van der Waals surface area contributed by atoms with E-state index in [4.69, 9.17) is 37.9 Å². The quantitative estimate of drug-likeness (QED) is 0.0333. The lowest BCUT2D eigenvalue weighted by Crippen LogP contribution is -2.32. The summed E-state index contributed by atoms with van der Waals surface area (Å²) in [6, 6.07) is 0. The number of cyclic esters (lactones) is 1. The van der Waals surface area contributed by atoms with Crippen LogP contribution in [-0.2, 0) is 65.4 Å². The number of benzene rings is 1. The Balaban J connectivity index is 1.84. The van der Waals surface area contributed by atoms with Crippen LogP contribution in [-0.4, -0.2) is 75.6 Å². The summed E-state index contributed by atoms with van der Waals surface area (Å²) in [4.78, 5) is 72.4. The van der Waals surface area contributed by atoms with Gasteiger partial charge in [-0.2, -0.15) is 0 Å². The molecule has 0 amide bonds. The SMILES string of the molecule is COC(=O)CC/C(C)=C/Cc1c(OC)c(C)c2c(c1OC(C)OC(=O)C(C)CCCCCCCCC(C)C(=O)OC(COC(C)=O)COC(C)=O)C(=O)OC2. The summed E-state index contributed by atoms with van der Waals surface area (Å²) in [7, 11) is 2.89. The maximum atomic E-state index is 13.0. The largest absolute Gasteiger partial charge is 0.496 e. The Morgan fingerprint density at radius 2 is 1.31 bits per heavy atom. The van der Waals surface area contributed by atoms with E-state index in [1.54, 1.807) is 21.0 Å². The monoisotopic (exact) mass is 776 g/mol. The average molecular weight is 777 g/mol. The Hall–Kier alpha value is -4.62. The normalized spacial score (nSPS) is 13.9. The minimum Gasteiger partial charge on any atom is -0.496 e. The first-order chi connectivity index (χ1) is 26.1. The smallest absolute Gasteiger partial charge is 0.342 e. The molecule has 308 valence electrons. The second-order valence-corrected chi connectivity index (χ2v) is 14.0. The van der Waals surface area contributed by atoms with Crippen LogP contribution in [0.3, 0.4) is 0 Å². The van der Waals surface area contributed by atoms with Gasteiger partial charge in [0, 0.05) is 38.3 Å². The molecule has 0 bridgehead atoms. The third-order valence-corrected chi connectivity index (χ3v) is 9.35. The first-order valence-electron chi connectivity index (χ1n) is 19.1. The highest BCUT2D eigenvalue weighted by atomic mass is 16.7. The number of hydrogen-bond acceptors (Lipinski definition) is 14. The summed E-state index contributed by atoms with van der Waals surface area (Å²) in [6.07, 6.45) is 7.91. The molecular formula is C41H60O14. The van der Waals surface area contributed by atoms with Crippen LogP contribution in [0.1, 0.15) is 133 Å². The van der Waals surface area contributed by atoms with E-state index in [2.05, 4.69) is 0 Å². The van der Waals surface area contributed by atoms with Crippen molar-refractivity contribution >= 4 is 35.8 Å². The van der Waals surface area contributed by atoms with Crippen LogP contribution < -0.4 is 9.47 Å². The molecular weight excluding hydrogens is 716 g/mol. The minimum atomic E-state index is -1.00. The minimum absolute atomic E-state index is 0.0841. The number of unbranched alkanes of at least 4 members (excludes halogenated alkanes) is 5. The fourth-order valence-electron chi connectivity index (χ4n) is 6.05. The molecule has 1 aliphatic heterocycles. The second kappa shape index (κ2) is 24.0. The number of methoxy groups -OCH3 is 2. The maximum Gasteiger partial charge on any atom is 0.342 e. The van der Waals surface area contributed by atoms with E-state index in [1.807, 2.05) is 26.8 Å². The van der Waals surface area contributed by atoms with E-state index in [1.165, 1.54) is 21.0 Å². The van der Waals surface area contributed by atoms with Crippen molar-refractivity contribution in [2.75, 3.05) is 27.4 Å². The number of esters is 6. The van der Waals surface area contributed by atoms with E-state index in [-0.39, 0.29) is 49.8 Å². The van der Waals surface area contributed by atoms with Gasteiger partial charge in [0.15, 0.2) is 6.10 Å². The third-order valence-electron chi connectivity index (χ3n) is 9.35. The molecule has 1 aromatic carbocycles. The van der Waals surface area contributed by atoms with Crippen LogP contribution in [0.2, 0.25) is 0 Å². The number of carbonyl (C=O) groups is 6. The van der Waals surface area contributed by atoms with E-state index in [9.17, 15) is 28.8 Å². The van der Waals surface area contributed by atoms with Crippen molar-refractivity contribution in [2.24, 2.45) is 11.8 Å². The van der Waals surface area contributed by atoms with Crippen molar-refractivity contribution in [2.45, 2.75) is 138 Å². The van der Waals surface area contributed by atoms with E-state index < -0.39 is 42.2 Å². The molecule has 1 aromatic rings. The van der Waals surface area contributed by atoms with Gasteiger partial charge in [0.1, 0.15) is 36.9 Å². The van der Waals surface area contributed by atoms with Crippen LogP contribution in [0, 0.1) is 18.8 Å². The lowest BCUT2D eigenvalue weighted by Gasteiger charge is -2.23. The van der Waals surface area contributed by atoms with Gasteiger partial charge in [-0.15, -0.1) is 0 Å². The van der Waals surface area contributed by atoms with Crippen LogP contribution in [0.25, 0.3) is 0 Å². The second-order valence-electron chi connectivity index (χ2n) is 14.0. The molecule has 0 fully saturated rings. The molecule has 0 aromatic heterocycles. The van der Waals surface area contributed by atoms with Crippen molar-refractivity contribution in [3.8, 4) is 11.5 Å². The molecule has 14 nitrogen and oxygen atoms in total. The van der Waals surface area contributed by atoms with Gasteiger partial charge in [-0.05, 0) is 45.1 Å². The highest BCUT2D eigenvalue weighted by Gasteiger charge is 2.34. The molecule has 0 N–H and O–H groups in total. The summed E-state index contributed by atoms with van der Waals surface area (Å²) >= 11 is 0. The van der Waals surface area contributed by atoms with Gasteiger partial charge in [-0.25, -0.2) is 4.79 Å². The highest BCUT2D eigenvalue weighted by molar-refractivity contribution is 5.98. The van der Waals surface area contributed by atoms with E-state index in [0.29, 0.717) is 48.1 Å². The van der Waals surface area contributed by atoms with Crippen molar-refractivity contribution < 1.29 is 66.7 Å². The summed E-state index contributed by atoms with van der Waals surface area (Å²) in [5, 5.41) is 0. The molecule has 1 heterocycles. The number of allylic oxidation sites excluding steroid dienone is 2. The number of ether oxygens (including phenoxy) is 8. The zero-order valence-corrected chi connectivity index (χ0v) is 34.0. The van der Waals surface area contributed by atoms with Crippen molar-refractivity contribution in [1.29, 1.82) is 0 Å². The average Bonchev–Trinajstić information content (AvgIpc) is 3.53. The van der Waals surface area contributed by atoms with Crippen molar-refractivity contribution in [1.82, 2.24) is 0 Å². The molecule has 0 saturated carbocycles. The first-order valence-corrected chi connectivity index (χ1v) is 19.1. The molecule has 14 heteroatoms. The zero-order valence-electron chi connectivity index (χ0n) is 34.0. The summed E-state index contributed by atoms with van der Waals surface area (Å²) in [6.45, 7) is 11.2. The summed E-state index contributed by atoms with van der Waals surface area (Å²) < 4.78 is 43.0. The van der Waals surface area contributed by atoms with Gasteiger partial charge in [0.25, 0.3) is 0 Å². The molecule has 3 unspecified atom stereocenters. The predicted molar refractivity (Wildman–Crippen MR) is 200 cm³/mol. The van der Waals surface area contributed by atoms with Crippen molar-refractivity contribution in [3.63, 3.8) is 0 Å². The first kappa shape index (κ1) is 46.5. The number of rotatable bonds is 25. The molecule has 0 radical (unpaired) electrons. The Kier molecular flexibility index (Phi) is 20.3. The fraction of sp³-hybridized carbons (Fsp3) is 0.659. The lowest BCUT2D eigenvalue weighted by atomic mass is 9.94. The maximum absolute atomic E-state index is 13.0. The Bertz CT molecular complexity index is 1490. The molecule has 3 atom stereocenters. The van der Waals surface area contributed by atoms with E-state index >= 15 is 0 Å². The van der Waals surface area contributed by atoms with Crippen molar-refractivity contribution in [3.05, 3.63) is 33.9 Å². The molecule has 1 aliphatic rings. The molecule has 0 spiro atoms. The summed E-state index contributed by atoms with van der Waals surface area (Å²) in [5.74, 6) is -2.66. The van der Waals surface area contributed by atoms with Gasteiger partial charge in [-0.3, -0.25) is 24.0 Å². The number of carbonyl (C=O) groups excluding carboxylic acids is 6. The third kappa shape index (κ3) is 15.9. The summed E-state index contributed by atoms with van der Waals surface area (Å²) in [5.41, 5.74) is 3.28. The zero-order chi connectivity index (χ0) is 41.1. The number of fused-ring (bicyclic) bond motifs is 1. The Morgan fingerprint density at radius 1 is 0.764 bits per heavy atom. The van der Waals surface area contributed by atoms with Crippen LogP contribution >= 0.6 is 0 Å². The van der Waals surface area contributed by atoms with Gasteiger partial charge < -0.3 is 37.9 Å². The fourth-order valence-corrected chi connectivity index (χ4v) is 6.05. The standard InChI is InChI=1S/C41H60O14/c1-25(19-21-35(44)48-8)18-20-33-37(49-9)28(4)34-24-52-41(47)36(34)38(33)53-31(7)54-39(45)26(2)16-14-12-10-11-13-15-17-27(3)40(46)55-32(22-50-29(5)42)23-51-30(6)43/h18,26-27,31-32H,10-17,19-24H2,1-9H3/b25-18+. The molecule has 0 aliphatic carbocycles. The molecule has 2 rings (SSSR count). The van der Waals surface area contributed by atoms with Gasteiger partial charge >= 0.3 is 35.8 Å². The van der Waals surface area contributed by atoms with Gasteiger partial charge in [0.05, 0.1) is 26.1 Å². The predicted octanol–water partition coefficient (Wildman–Crippen LogP) is 6.82. The van der Waals surface area contributed by atoms with Crippen LogP contribution in [0.4, 0.5) is 0 Å². The van der Waals surface area contributed by atoms with Crippen LogP contribution in [0.5, 0.6) is 11.5 Å². The molecule has 0 saturated heterocycles. The van der Waals surface area contributed by atoms with Gasteiger partial charge in [-0.1, -0.05) is 64.0 Å². The lowest BCUT2D eigenvalue weighted by molar-refractivity contribution is -0.168. The van der Waals surface area contributed by atoms with E-state index in [0.717, 1.165) is 49.7 Å². The Labute approximate surface area is 324 Å². The van der Waals surface area contributed by atoms with Crippen LogP contribution in [0.15, 0.2) is 11.6 Å². The highest BCUT2D eigenvalue weighted by Crippen LogP contribution is 2.43. The Morgan fingerprint density at radius 3 is 1.84 bits per heavy atom. The topological polar surface area (TPSA) is 176 Å². The number of hydrogen-bond donors (Lipinski definition) is 0. The molecule has 55 heavy (non-hydrogen) atoms. The van der Waals surface area contributed by atoms with Gasteiger partial charge in [0.2, 0.25) is 6.29 Å².